The van der Waals surface area contributed by atoms with Crippen molar-refractivity contribution in [3.8, 4) is 68.2 Å². The fourth-order valence-electron chi connectivity index (χ4n) is 5.64. The minimum atomic E-state index is -0.347. The smallest absolute Gasteiger partial charge is 0.165 e. The number of methoxy groups -OCH3 is 2. The molecule has 12 nitrogen and oxygen atoms in total. The summed E-state index contributed by atoms with van der Waals surface area (Å²) in [6.45, 7) is -0.224. The van der Waals surface area contributed by atoms with Gasteiger partial charge in [0.15, 0.2) is 46.0 Å². The Kier molecular flexibility index (Phi) is 10.3. The number of carbonyl (C=O) groups is 2. The van der Waals surface area contributed by atoms with Gasteiger partial charge in [0.05, 0.1) is 40.6 Å². The number of benzene rings is 4. The number of phenols is 4. The molecule has 252 valence electrons. The summed E-state index contributed by atoms with van der Waals surface area (Å²) < 4.78 is 22.2. The number of hydrogen-bond donors (Lipinski definition) is 6. The molecule has 1 saturated carbocycles. The van der Waals surface area contributed by atoms with Gasteiger partial charge in [0.2, 0.25) is 0 Å². The Balaban J connectivity index is 1.26. The largest absolute Gasteiger partial charge is 0.504 e. The summed E-state index contributed by atoms with van der Waals surface area (Å²) in [5, 5.41) is 63.1. The predicted molar refractivity (Wildman–Crippen MR) is 173 cm³/mol. The van der Waals surface area contributed by atoms with Crippen LogP contribution in [0.2, 0.25) is 0 Å². The Bertz CT molecular complexity index is 1830. The zero-order chi connectivity index (χ0) is 34.5. The van der Waals surface area contributed by atoms with Crippen LogP contribution in [0.25, 0.3) is 22.3 Å². The molecule has 4 aromatic carbocycles. The van der Waals surface area contributed by atoms with E-state index < -0.39 is 0 Å². The first-order valence-electron chi connectivity index (χ1n) is 15.1. The van der Waals surface area contributed by atoms with Gasteiger partial charge >= 0.3 is 0 Å². The Morgan fingerprint density at radius 3 is 1.54 bits per heavy atom. The van der Waals surface area contributed by atoms with E-state index in [9.17, 15) is 40.2 Å². The Hall–Kier alpha value is -5.46. The third kappa shape index (κ3) is 6.94. The fourth-order valence-corrected chi connectivity index (χ4v) is 5.64. The van der Waals surface area contributed by atoms with Crippen LogP contribution in [0.5, 0.6) is 46.0 Å². The predicted octanol–water partition coefficient (Wildman–Crippen LogP) is 4.95. The van der Waals surface area contributed by atoms with Gasteiger partial charge in [-0.25, -0.2) is 0 Å². The highest BCUT2D eigenvalue weighted by atomic mass is 16.5. The third-order valence-corrected chi connectivity index (χ3v) is 8.39. The Morgan fingerprint density at radius 1 is 0.604 bits per heavy atom. The lowest BCUT2D eigenvalue weighted by Gasteiger charge is -2.17. The maximum Gasteiger partial charge on any atom is 0.165 e. The number of phenolic OH excluding ortho intramolecular Hbond substituents is 4. The zero-order valence-electron chi connectivity index (χ0n) is 26.3. The molecule has 12 heteroatoms. The van der Waals surface area contributed by atoms with Gasteiger partial charge in [-0.2, -0.15) is 0 Å². The molecule has 1 aliphatic carbocycles. The molecule has 0 bridgehead atoms. The van der Waals surface area contributed by atoms with E-state index in [-0.39, 0.29) is 118 Å². The summed E-state index contributed by atoms with van der Waals surface area (Å²) in [6, 6.07) is 11.5. The molecule has 6 N–H and O–H groups in total. The third-order valence-electron chi connectivity index (χ3n) is 8.39. The van der Waals surface area contributed by atoms with Crippen LogP contribution < -0.4 is 18.9 Å². The average molecular weight is 661 g/mol. The van der Waals surface area contributed by atoms with Gasteiger partial charge in [-0.1, -0.05) is 0 Å². The van der Waals surface area contributed by atoms with E-state index in [2.05, 4.69) is 0 Å². The van der Waals surface area contributed by atoms with Crippen LogP contribution >= 0.6 is 0 Å². The maximum atomic E-state index is 11.7. The van der Waals surface area contributed by atoms with Gasteiger partial charge in [0.1, 0.15) is 12.6 Å². The molecule has 0 spiro atoms. The molecular weight excluding hydrogens is 624 g/mol. The summed E-state index contributed by atoms with van der Waals surface area (Å²) >= 11 is 0. The molecule has 1 aliphatic rings. The van der Waals surface area contributed by atoms with Crippen molar-refractivity contribution in [2.24, 2.45) is 11.8 Å². The molecule has 2 atom stereocenters. The summed E-state index contributed by atoms with van der Waals surface area (Å²) in [7, 11) is 2.70. The normalized spacial score (nSPS) is 15.1. The second-order valence-corrected chi connectivity index (χ2v) is 11.5. The first-order valence-corrected chi connectivity index (χ1v) is 15.1. The van der Waals surface area contributed by atoms with E-state index in [0.29, 0.717) is 30.1 Å². The van der Waals surface area contributed by atoms with Crippen molar-refractivity contribution in [1.82, 2.24) is 0 Å². The summed E-state index contributed by atoms with van der Waals surface area (Å²) in [5.41, 5.74) is 1.85. The lowest BCUT2D eigenvalue weighted by Crippen LogP contribution is -2.05. The van der Waals surface area contributed by atoms with Crippen LogP contribution in [0.3, 0.4) is 0 Å². The molecule has 5 rings (SSSR count). The molecule has 0 saturated heterocycles. The second-order valence-electron chi connectivity index (χ2n) is 11.5. The van der Waals surface area contributed by atoms with E-state index >= 15 is 0 Å². The fraction of sp³-hybridized carbons (Fsp3) is 0.278. The number of rotatable bonds is 15. The number of carbonyl (C=O) groups excluding carboxylic acids is 2. The molecule has 1 unspecified atom stereocenters. The number of ether oxygens (including phenoxy) is 4. The number of aromatic hydroxyl groups is 4. The highest BCUT2D eigenvalue weighted by Gasteiger charge is 2.37. The standard InChI is InChI=1S/C36H36O12/c1-45-29-9-19(14-37)5-25(33(29)41)27-7-21(16-39)11-31(35(27)43)47-4-3-23-13-24(23)18-48-32-12-22(17-40)8-28(36(32)44)26-6-20(15-38)10-30(46-2)34(26)42/h5-12,14,16,23-24,38,40-44H,3-4,13,15,17-18H2,1-2H3/t23?,24-/m1/s1. The molecule has 4 aromatic rings. The topological polar surface area (TPSA) is 192 Å². The Labute approximate surface area is 276 Å². The van der Waals surface area contributed by atoms with Gasteiger partial charge in [0, 0.05) is 33.4 Å². The van der Waals surface area contributed by atoms with E-state index in [1.807, 2.05) is 0 Å². The Morgan fingerprint density at radius 2 is 1.04 bits per heavy atom. The monoisotopic (exact) mass is 660 g/mol. The van der Waals surface area contributed by atoms with Gasteiger partial charge < -0.3 is 49.6 Å². The number of hydrogen-bond acceptors (Lipinski definition) is 12. The van der Waals surface area contributed by atoms with E-state index in [1.165, 1.54) is 62.8 Å². The lowest BCUT2D eigenvalue weighted by molar-refractivity contribution is 0.111. The van der Waals surface area contributed by atoms with Crippen molar-refractivity contribution < 1.29 is 59.2 Å². The summed E-state index contributed by atoms with van der Waals surface area (Å²) in [6.07, 6.45) is 2.55. The quantitative estimate of drug-likeness (QED) is 0.0941. The van der Waals surface area contributed by atoms with E-state index in [4.69, 9.17) is 18.9 Å². The number of aliphatic hydroxyl groups excluding tert-OH is 2. The van der Waals surface area contributed by atoms with Gasteiger partial charge in [-0.05, 0) is 84.3 Å². The molecule has 0 aliphatic heterocycles. The molecule has 1 fully saturated rings. The van der Waals surface area contributed by atoms with Gasteiger partial charge in [-0.15, -0.1) is 0 Å². The van der Waals surface area contributed by atoms with Crippen molar-refractivity contribution >= 4 is 12.6 Å². The van der Waals surface area contributed by atoms with Crippen LogP contribution in [-0.4, -0.2) is 70.6 Å². The number of aldehydes is 2. The van der Waals surface area contributed by atoms with Crippen molar-refractivity contribution in [3.05, 3.63) is 70.8 Å². The zero-order valence-corrected chi connectivity index (χ0v) is 26.3. The van der Waals surface area contributed by atoms with Crippen LogP contribution in [0.1, 0.15) is 44.7 Å². The minimum absolute atomic E-state index is 0.0249. The average Bonchev–Trinajstić information content (AvgIpc) is 3.86. The van der Waals surface area contributed by atoms with Crippen LogP contribution in [-0.2, 0) is 13.2 Å². The van der Waals surface area contributed by atoms with Gasteiger partial charge in [-0.3, -0.25) is 9.59 Å². The second kappa shape index (κ2) is 14.5. The molecule has 0 heterocycles. The van der Waals surface area contributed by atoms with E-state index in [0.717, 1.165) is 6.42 Å². The highest BCUT2D eigenvalue weighted by molar-refractivity contribution is 5.89. The summed E-state index contributed by atoms with van der Waals surface area (Å²) in [4.78, 5) is 23.1. The first kappa shape index (κ1) is 33.9. The molecule has 48 heavy (non-hydrogen) atoms. The first-order chi connectivity index (χ1) is 23.1. The van der Waals surface area contributed by atoms with Gasteiger partial charge in [0.25, 0.3) is 0 Å². The SMILES string of the molecule is COc1cc(C=O)cc(-c2cc(C=O)cc(OCCC3C[C@@H]3COc3cc(CO)cc(-c4cc(CO)cc(OC)c4O)c3O)c2O)c1O. The molecular formula is C36H36O12. The number of aliphatic hydroxyl groups is 2. The van der Waals surface area contributed by atoms with Crippen LogP contribution in [0.4, 0.5) is 0 Å². The van der Waals surface area contributed by atoms with Crippen LogP contribution in [0, 0.1) is 11.8 Å². The molecule has 0 radical (unpaired) electrons. The van der Waals surface area contributed by atoms with Crippen molar-refractivity contribution in [2.45, 2.75) is 26.1 Å². The summed E-state index contributed by atoms with van der Waals surface area (Å²) in [5.74, 6) is -0.502. The highest BCUT2D eigenvalue weighted by Crippen LogP contribution is 2.48. The van der Waals surface area contributed by atoms with E-state index in [1.54, 1.807) is 0 Å². The molecule has 0 amide bonds. The molecule has 0 aromatic heterocycles. The van der Waals surface area contributed by atoms with Crippen LogP contribution in [0.15, 0.2) is 48.5 Å². The minimum Gasteiger partial charge on any atom is -0.504 e. The lowest BCUT2D eigenvalue weighted by atomic mass is 9.98. The maximum absolute atomic E-state index is 11.7. The van der Waals surface area contributed by atoms with Crippen molar-refractivity contribution in [3.63, 3.8) is 0 Å². The van der Waals surface area contributed by atoms with Crippen molar-refractivity contribution in [2.75, 3.05) is 27.4 Å². The van der Waals surface area contributed by atoms with Crippen molar-refractivity contribution in [1.29, 1.82) is 0 Å².